The van der Waals surface area contributed by atoms with Gasteiger partial charge in [-0.05, 0) is 35.4 Å². The van der Waals surface area contributed by atoms with E-state index in [1.165, 1.54) is 27.8 Å². The highest BCUT2D eigenvalue weighted by Crippen LogP contribution is 2.36. The maximum absolute atomic E-state index is 13.2. The van der Waals surface area contributed by atoms with Gasteiger partial charge < -0.3 is 9.47 Å². The van der Waals surface area contributed by atoms with E-state index in [4.69, 9.17) is 9.47 Å². The first-order valence-corrected chi connectivity index (χ1v) is 13.8. The van der Waals surface area contributed by atoms with Gasteiger partial charge in [-0.3, -0.25) is 19.5 Å². The molecule has 0 radical (unpaired) electrons. The number of carbonyl (C=O) groups is 3. The Morgan fingerprint density at radius 3 is 2.00 bits per heavy atom. The van der Waals surface area contributed by atoms with Crippen LogP contribution in [0.3, 0.4) is 0 Å². The summed E-state index contributed by atoms with van der Waals surface area (Å²) < 4.78 is 10.5. The topological polar surface area (TPSA) is 85.8 Å². The second-order valence-corrected chi connectivity index (χ2v) is 10.3. The van der Waals surface area contributed by atoms with Crippen molar-refractivity contribution in [1.82, 2.24) is 4.98 Å². The van der Waals surface area contributed by atoms with Crippen molar-refractivity contribution >= 4 is 63.0 Å². The second-order valence-electron chi connectivity index (χ2n) is 7.60. The molecular weight excluding hydrogens is 496 g/mol. The van der Waals surface area contributed by atoms with Crippen LogP contribution in [0, 0.1) is 0 Å². The minimum Gasteiger partial charge on any atom is -0.464 e. The van der Waals surface area contributed by atoms with Crippen molar-refractivity contribution in [2.24, 2.45) is 0 Å². The first kappa shape index (κ1) is 25.5. The van der Waals surface area contributed by atoms with Crippen LogP contribution in [0.4, 0.5) is 11.4 Å². The average molecular weight is 521 g/mol. The van der Waals surface area contributed by atoms with E-state index in [0.717, 1.165) is 22.5 Å². The van der Waals surface area contributed by atoms with Gasteiger partial charge in [0.15, 0.2) is 0 Å². The molecule has 4 rings (SSSR count). The molecule has 0 saturated carbocycles. The van der Waals surface area contributed by atoms with Crippen LogP contribution in [0.25, 0.3) is 12.2 Å². The Labute approximate surface area is 217 Å². The highest BCUT2D eigenvalue weighted by atomic mass is 33.1. The van der Waals surface area contributed by atoms with E-state index in [9.17, 15) is 14.4 Å². The molecular formula is C27H24N2O5S2. The van der Waals surface area contributed by atoms with E-state index in [1.807, 2.05) is 60.7 Å². The molecule has 36 heavy (non-hydrogen) atoms. The van der Waals surface area contributed by atoms with Crippen LogP contribution >= 0.6 is 21.6 Å². The van der Waals surface area contributed by atoms with Crippen LogP contribution < -0.4 is 4.90 Å². The van der Waals surface area contributed by atoms with Crippen molar-refractivity contribution in [3.63, 3.8) is 0 Å². The lowest BCUT2D eigenvalue weighted by molar-refractivity contribution is -0.145. The van der Waals surface area contributed by atoms with Crippen molar-refractivity contribution in [3.8, 4) is 0 Å². The number of nitrogens with zero attached hydrogens (tertiary/aromatic N) is 2. The lowest BCUT2D eigenvalue weighted by atomic mass is 10.1. The van der Waals surface area contributed by atoms with Gasteiger partial charge in [-0.2, -0.15) is 0 Å². The Bertz CT molecular complexity index is 1200. The number of aromatic nitrogens is 1. The fourth-order valence-corrected chi connectivity index (χ4v) is 5.19. The Kier molecular flexibility index (Phi) is 9.18. The van der Waals surface area contributed by atoms with Gasteiger partial charge in [0.2, 0.25) is 5.91 Å². The molecule has 7 nitrogen and oxygen atoms in total. The Balaban J connectivity index is 1.19. The number of anilines is 2. The summed E-state index contributed by atoms with van der Waals surface area (Å²) in [5.74, 6) is -0.160. The predicted molar refractivity (Wildman–Crippen MR) is 144 cm³/mol. The third-order valence-corrected chi connectivity index (χ3v) is 7.49. The highest BCUT2D eigenvalue weighted by molar-refractivity contribution is 8.76. The summed E-state index contributed by atoms with van der Waals surface area (Å²) in [7, 11) is 3.02. The molecule has 1 amide bonds. The molecule has 0 unspecified atom stereocenters. The zero-order chi connectivity index (χ0) is 25.2. The van der Waals surface area contributed by atoms with Gasteiger partial charge in [0.05, 0.1) is 16.9 Å². The molecule has 0 fully saturated rings. The number of pyridine rings is 1. The van der Waals surface area contributed by atoms with Crippen LogP contribution in [0.5, 0.6) is 0 Å². The Morgan fingerprint density at radius 1 is 0.778 bits per heavy atom. The van der Waals surface area contributed by atoms with E-state index < -0.39 is 11.9 Å². The van der Waals surface area contributed by atoms with Crippen molar-refractivity contribution in [3.05, 3.63) is 89.7 Å². The standard InChI is InChI=1S/C27H24N2O5S2/c30-25(29-23-9-3-1-6-20(23)11-12-21-7-2-4-10-24(21)29)18-26(31)33-14-16-35-36-17-15-34-27(32)22-8-5-13-28-19-22/h1-13,19H,14-18H2. The molecule has 9 heteroatoms. The fourth-order valence-electron chi connectivity index (χ4n) is 3.54. The molecule has 2 heterocycles. The number of carbonyl (C=O) groups excluding carboxylic acids is 3. The lowest BCUT2D eigenvalue weighted by Crippen LogP contribution is -2.29. The summed E-state index contributed by atoms with van der Waals surface area (Å²) in [6.07, 6.45) is 6.63. The molecule has 0 N–H and O–H groups in total. The smallest absolute Gasteiger partial charge is 0.339 e. The van der Waals surface area contributed by atoms with E-state index in [0.29, 0.717) is 17.1 Å². The van der Waals surface area contributed by atoms with Gasteiger partial charge in [-0.25, -0.2) is 4.79 Å². The van der Waals surface area contributed by atoms with E-state index >= 15 is 0 Å². The number of fused-ring (bicyclic) bond motifs is 2. The van der Waals surface area contributed by atoms with Gasteiger partial charge in [-0.1, -0.05) is 70.1 Å². The molecule has 0 saturated heterocycles. The van der Waals surface area contributed by atoms with Crippen LogP contribution in [0.15, 0.2) is 73.1 Å². The fraction of sp³-hybridized carbons (Fsp3) is 0.185. The van der Waals surface area contributed by atoms with Gasteiger partial charge in [0.1, 0.15) is 19.6 Å². The average Bonchev–Trinajstić information content (AvgIpc) is 3.07. The molecule has 1 aliphatic rings. The predicted octanol–water partition coefficient (Wildman–Crippen LogP) is 5.40. The molecule has 0 spiro atoms. The quantitative estimate of drug-likeness (QED) is 0.152. The second kappa shape index (κ2) is 12.9. The van der Waals surface area contributed by atoms with Crippen LogP contribution in [0.1, 0.15) is 27.9 Å². The first-order valence-electron chi connectivity index (χ1n) is 11.3. The summed E-state index contributed by atoms with van der Waals surface area (Å²) in [6, 6.07) is 18.5. The third-order valence-electron chi connectivity index (χ3n) is 5.15. The summed E-state index contributed by atoms with van der Waals surface area (Å²) in [6.45, 7) is 0.460. The number of amides is 1. The van der Waals surface area contributed by atoms with Crippen LogP contribution in [0.2, 0.25) is 0 Å². The number of benzene rings is 2. The Morgan fingerprint density at radius 2 is 1.39 bits per heavy atom. The highest BCUT2D eigenvalue weighted by Gasteiger charge is 2.25. The maximum Gasteiger partial charge on any atom is 0.339 e. The minimum absolute atomic E-state index is 0.188. The number of hydrogen-bond donors (Lipinski definition) is 0. The third kappa shape index (κ3) is 6.77. The molecule has 2 aromatic carbocycles. The largest absolute Gasteiger partial charge is 0.464 e. The molecule has 184 valence electrons. The van der Waals surface area contributed by atoms with E-state index in [1.54, 1.807) is 23.2 Å². The zero-order valence-corrected chi connectivity index (χ0v) is 21.0. The molecule has 0 bridgehead atoms. The minimum atomic E-state index is -0.567. The summed E-state index contributed by atoms with van der Waals surface area (Å²) in [5, 5.41) is 0. The van der Waals surface area contributed by atoms with Gasteiger partial charge in [0, 0.05) is 23.9 Å². The number of esters is 2. The van der Waals surface area contributed by atoms with Crippen LogP contribution in [-0.4, -0.2) is 47.5 Å². The van der Waals surface area contributed by atoms with Gasteiger partial charge in [0.25, 0.3) is 0 Å². The van der Waals surface area contributed by atoms with Crippen molar-refractivity contribution in [1.29, 1.82) is 0 Å². The lowest BCUT2D eigenvalue weighted by Gasteiger charge is -2.24. The van der Waals surface area contributed by atoms with Gasteiger partial charge in [-0.15, -0.1) is 0 Å². The van der Waals surface area contributed by atoms with E-state index in [-0.39, 0.29) is 25.5 Å². The molecule has 0 atom stereocenters. The number of rotatable bonds is 10. The maximum atomic E-state index is 13.2. The number of hydrogen-bond acceptors (Lipinski definition) is 8. The first-order chi connectivity index (χ1) is 17.6. The molecule has 1 aliphatic heterocycles. The van der Waals surface area contributed by atoms with Crippen molar-refractivity contribution in [2.75, 3.05) is 29.6 Å². The normalized spacial score (nSPS) is 11.7. The molecule has 1 aromatic heterocycles. The van der Waals surface area contributed by atoms with Crippen molar-refractivity contribution < 1.29 is 23.9 Å². The van der Waals surface area contributed by atoms with Crippen LogP contribution in [-0.2, 0) is 19.1 Å². The summed E-state index contributed by atoms with van der Waals surface area (Å²) in [5.41, 5.74) is 3.67. The number of ether oxygens (including phenoxy) is 2. The zero-order valence-electron chi connectivity index (χ0n) is 19.4. The monoisotopic (exact) mass is 520 g/mol. The Hall–Kier alpha value is -3.56. The molecule has 3 aromatic rings. The van der Waals surface area contributed by atoms with Crippen molar-refractivity contribution in [2.45, 2.75) is 6.42 Å². The van der Waals surface area contributed by atoms with Gasteiger partial charge >= 0.3 is 11.9 Å². The van der Waals surface area contributed by atoms with E-state index in [2.05, 4.69) is 4.98 Å². The summed E-state index contributed by atoms with van der Waals surface area (Å²) >= 11 is 0. The summed E-state index contributed by atoms with van der Waals surface area (Å²) in [4.78, 5) is 42.9. The number of para-hydroxylation sites is 2. The SMILES string of the molecule is O=C(CC(=O)N1c2ccccc2C=Cc2ccccc21)OCCSSCCOC(=O)c1cccnc1. The molecule has 0 aliphatic carbocycles.